The molecule has 0 spiro atoms. The van der Waals surface area contributed by atoms with Gasteiger partial charge >= 0.3 is 0 Å². The highest BCUT2D eigenvalue weighted by Crippen LogP contribution is 2.11. The van der Waals surface area contributed by atoms with E-state index in [0.717, 1.165) is 25.9 Å². The first-order chi connectivity index (χ1) is 11.3. The normalized spacial score (nSPS) is 10.9. The van der Waals surface area contributed by atoms with Gasteiger partial charge in [0.05, 0.1) is 0 Å². The number of unbranched alkanes of at least 4 members (excludes halogenated alkanes) is 11. The molecule has 0 atom stereocenters. The van der Waals surface area contributed by atoms with Crippen molar-refractivity contribution in [3.63, 3.8) is 0 Å². The standard InChI is InChI=1S/C21H43NO/c1-4-7-10-11-12-13-14-15-18-21(23)22(19-16-8-5-2)20-17-9-6-3/h4-20H2,1-3H3. The lowest BCUT2D eigenvalue weighted by atomic mass is 10.1. The molecule has 0 aromatic rings. The molecule has 2 nitrogen and oxygen atoms in total. The third kappa shape index (κ3) is 14.8. The highest BCUT2D eigenvalue weighted by atomic mass is 16.2. The molecule has 0 aromatic carbocycles. The first-order valence-electron chi connectivity index (χ1n) is 10.5. The Kier molecular flexibility index (Phi) is 17.4. The second kappa shape index (κ2) is 17.8. The summed E-state index contributed by atoms with van der Waals surface area (Å²) in [6.07, 6.45) is 18.5. The van der Waals surface area contributed by atoms with Crippen molar-refractivity contribution in [1.29, 1.82) is 0 Å². The van der Waals surface area contributed by atoms with E-state index in [9.17, 15) is 4.79 Å². The predicted molar refractivity (Wildman–Crippen MR) is 103 cm³/mol. The van der Waals surface area contributed by atoms with Gasteiger partial charge in [-0.25, -0.2) is 0 Å². The number of hydrogen-bond acceptors (Lipinski definition) is 1. The van der Waals surface area contributed by atoms with Crippen LogP contribution in [0.2, 0.25) is 0 Å². The maximum atomic E-state index is 12.4. The second-order valence-electron chi connectivity index (χ2n) is 7.02. The van der Waals surface area contributed by atoms with Gasteiger partial charge < -0.3 is 4.90 Å². The average Bonchev–Trinajstić information content (AvgIpc) is 2.56. The number of amides is 1. The Morgan fingerprint density at radius 2 is 0.957 bits per heavy atom. The molecular weight excluding hydrogens is 282 g/mol. The maximum absolute atomic E-state index is 12.4. The van der Waals surface area contributed by atoms with Crippen molar-refractivity contribution in [1.82, 2.24) is 4.90 Å². The van der Waals surface area contributed by atoms with Gasteiger partial charge in [0.15, 0.2) is 0 Å². The molecule has 2 heteroatoms. The molecule has 0 radical (unpaired) electrons. The van der Waals surface area contributed by atoms with E-state index in [0.29, 0.717) is 5.91 Å². The van der Waals surface area contributed by atoms with Gasteiger partial charge in [0.1, 0.15) is 0 Å². The number of hydrogen-bond donors (Lipinski definition) is 0. The van der Waals surface area contributed by atoms with Crippen molar-refractivity contribution < 1.29 is 4.79 Å². The summed E-state index contributed by atoms with van der Waals surface area (Å²) < 4.78 is 0. The van der Waals surface area contributed by atoms with E-state index < -0.39 is 0 Å². The van der Waals surface area contributed by atoms with Crippen molar-refractivity contribution in [3.8, 4) is 0 Å². The lowest BCUT2D eigenvalue weighted by molar-refractivity contribution is -0.131. The van der Waals surface area contributed by atoms with Crippen LogP contribution in [0.15, 0.2) is 0 Å². The Morgan fingerprint density at radius 1 is 0.565 bits per heavy atom. The zero-order chi connectivity index (χ0) is 17.2. The van der Waals surface area contributed by atoms with E-state index in [-0.39, 0.29) is 0 Å². The number of carbonyl (C=O) groups is 1. The Morgan fingerprint density at radius 3 is 1.43 bits per heavy atom. The van der Waals surface area contributed by atoms with Crippen LogP contribution in [0.3, 0.4) is 0 Å². The molecule has 0 saturated heterocycles. The average molecular weight is 326 g/mol. The van der Waals surface area contributed by atoms with Gasteiger partial charge in [0, 0.05) is 19.5 Å². The second-order valence-corrected chi connectivity index (χ2v) is 7.02. The molecule has 0 bridgehead atoms. The molecule has 1 amide bonds. The highest BCUT2D eigenvalue weighted by Gasteiger charge is 2.12. The summed E-state index contributed by atoms with van der Waals surface area (Å²) in [5, 5.41) is 0. The summed E-state index contributed by atoms with van der Waals surface area (Å²) in [6, 6.07) is 0. The molecule has 0 fully saturated rings. The summed E-state index contributed by atoms with van der Waals surface area (Å²) in [5.74, 6) is 0.406. The fourth-order valence-corrected chi connectivity index (χ4v) is 3.03. The lowest BCUT2D eigenvalue weighted by Gasteiger charge is -2.23. The number of rotatable bonds is 17. The van der Waals surface area contributed by atoms with Crippen LogP contribution in [0.5, 0.6) is 0 Å². The number of carbonyl (C=O) groups excluding carboxylic acids is 1. The van der Waals surface area contributed by atoms with Crippen LogP contribution in [0.4, 0.5) is 0 Å². The van der Waals surface area contributed by atoms with Crippen LogP contribution in [0.1, 0.15) is 117 Å². The predicted octanol–water partition coefficient (Wildman–Crippen LogP) is 6.73. The first kappa shape index (κ1) is 22.5. The third-order valence-electron chi connectivity index (χ3n) is 4.66. The van der Waals surface area contributed by atoms with Crippen molar-refractivity contribution in [3.05, 3.63) is 0 Å². The summed E-state index contributed by atoms with van der Waals surface area (Å²) in [6.45, 7) is 8.67. The van der Waals surface area contributed by atoms with Gasteiger partial charge in [-0.1, -0.05) is 91.4 Å². The molecule has 0 heterocycles. The van der Waals surface area contributed by atoms with Gasteiger partial charge in [-0.3, -0.25) is 4.79 Å². The van der Waals surface area contributed by atoms with Crippen LogP contribution < -0.4 is 0 Å². The minimum Gasteiger partial charge on any atom is -0.343 e. The molecule has 0 aliphatic carbocycles. The maximum Gasteiger partial charge on any atom is 0.222 e. The van der Waals surface area contributed by atoms with E-state index in [4.69, 9.17) is 0 Å². The Hall–Kier alpha value is -0.530. The lowest BCUT2D eigenvalue weighted by Crippen LogP contribution is -2.32. The van der Waals surface area contributed by atoms with E-state index in [1.54, 1.807) is 0 Å². The summed E-state index contributed by atoms with van der Waals surface area (Å²) in [7, 11) is 0. The minimum absolute atomic E-state index is 0.406. The SMILES string of the molecule is CCCCCCCCCCC(=O)N(CCCCC)CCCCC. The molecule has 0 aliphatic rings. The van der Waals surface area contributed by atoms with E-state index >= 15 is 0 Å². The van der Waals surface area contributed by atoms with Crippen molar-refractivity contribution >= 4 is 5.91 Å². The summed E-state index contributed by atoms with van der Waals surface area (Å²) in [4.78, 5) is 14.6. The van der Waals surface area contributed by atoms with Crippen LogP contribution in [-0.2, 0) is 4.79 Å². The molecular formula is C21H43NO. The topological polar surface area (TPSA) is 20.3 Å². The summed E-state index contributed by atoms with van der Waals surface area (Å²) >= 11 is 0. The van der Waals surface area contributed by atoms with Gasteiger partial charge in [-0.2, -0.15) is 0 Å². The van der Waals surface area contributed by atoms with Crippen LogP contribution in [0.25, 0.3) is 0 Å². The van der Waals surface area contributed by atoms with Gasteiger partial charge in [0.2, 0.25) is 5.91 Å². The highest BCUT2D eigenvalue weighted by molar-refractivity contribution is 5.76. The third-order valence-corrected chi connectivity index (χ3v) is 4.66. The zero-order valence-electron chi connectivity index (χ0n) is 16.4. The first-order valence-corrected chi connectivity index (χ1v) is 10.5. The molecule has 0 unspecified atom stereocenters. The molecule has 138 valence electrons. The summed E-state index contributed by atoms with van der Waals surface area (Å²) in [5.41, 5.74) is 0. The molecule has 0 saturated carbocycles. The van der Waals surface area contributed by atoms with E-state index in [2.05, 4.69) is 25.7 Å². The minimum atomic E-state index is 0.406. The molecule has 0 N–H and O–H groups in total. The van der Waals surface area contributed by atoms with Crippen molar-refractivity contribution in [2.75, 3.05) is 13.1 Å². The van der Waals surface area contributed by atoms with Crippen molar-refractivity contribution in [2.45, 2.75) is 117 Å². The Bertz CT molecular complexity index is 242. The van der Waals surface area contributed by atoms with Crippen molar-refractivity contribution in [2.24, 2.45) is 0 Å². The zero-order valence-corrected chi connectivity index (χ0v) is 16.4. The quantitative estimate of drug-likeness (QED) is 0.272. The molecule has 0 aliphatic heterocycles. The fraction of sp³-hybridized carbons (Fsp3) is 0.952. The van der Waals surface area contributed by atoms with Gasteiger partial charge in [-0.15, -0.1) is 0 Å². The Labute approximate surface area is 146 Å². The van der Waals surface area contributed by atoms with E-state index in [1.807, 2.05) is 0 Å². The molecule has 0 aromatic heterocycles. The van der Waals surface area contributed by atoms with Crippen LogP contribution in [0, 0.1) is 0 Å². The van der Waals surface area contributed by atoms with Gasteiger partial charge in [-0.05, 0) is 19.3 Å². The Balaban J connectivity index is 3.79. The fourth-order valence-electron chi connectivity index (χ4n) is 3.03. The largest absolute Gasteiger partial charge is 0.343 e. The van der Waals surface area contributed by atoms with Crippen LogP contribution in [-0.4, -0.2) is 23.9 Å². The van der Waals surface area contributed by atoms with Crippen LogP contribution >= 0.6 is 0 Å². The number of nitrogens with zero attached hydrogens (tertiary/aromatic N) is 1. The molecule has 0 rings (SSSR count). The molecule has 23 heavy (non-hydrogen) atoms. The smallest absolute Gasteiger partial charge is 0.222 e. The van der Waals surface area contributed by atoms with Gasteiger partial charge in [0.25, 0.3) is 0 Å². The monoisotopic (exact) mass is 325 g/mol. The van der Waals surface area contributed by atoms with E-state index in [1.165, 1.54) is 83.5 Å².